The summed E-state index contributed by atoms with van der Waals surface area (Å²) < 4.78 is 5.96. The lowest BCUT2D eigenvalue weighted by atomic mass is 10.1. The van der Waals surface area contributed by atoms with Crippen molar-refractivity contribution in [2.75, 3.05) is 5.32 Å². The van der Waals surface area contributed by atoms with Crippen LogP contribution in [0.15, 0.2) is 95.5 Å². The van der Waals surface area contributed by atoms with Gasteiger partial charge >= 0.3 is 0 Å². The van der Waals surface area contributed by atoms with Crippen molar-refractivity contribution in [1.82, 2.24) is 4.98 Å². The largest absolute Gasteiger partial charge is 0.456 e. The van der Waals surface area contributed by atoms with Gasteiger partial charge in [0, 0.05) is 11.6 Å². The summed E-state index contributed by atoms with van der Waals surface area (Å²) in [7, 11) is 0. The molecule has 0 spiro atoms. The lowest BCUT2D eigenvalue weighted by Gasteiger charge is -2.09. The van der Waals surface area contributed by atoms with Gasteiger partial charge < -0.3 is 9.73 Å². The van der Waals surface area contributed by atoms with Gasteiger partial charge in [0.05, 0.1) is 11.1 Å². The lowest BCUT2D eigenvalue weighted by molar-refractivity contribution is 0.669. The van der Waals surface area contributed by atoms with Crippen molar-refractivity contribution >= 4 is 33.4 Å². The zero-order valence-electron chi connectivity index (χ0n) is 14.0. The summed E-state index contributed by atoms with van der Waals surface area (Å²) in [5.74, 6) is 0.809. The third-order valence-corrected chi connectivity index (χ3v) is 4.53. The van der Waals surface area contributed by atoms with Gasteiger partial charge in [0.1, 0.15) is 17.0 Å². The first kappa shape index (κ1) is 14.7. The van der Waals surface area contributed by atoms with E-state index in [2.05, 4.69) is 40.6 Å². The highest BCUT2D eigenvalue weighted by molar-refractivity contribution is 6.11. The highest BCUT2D eigenvalue weighted by Gasteiger charge is 2.11. The van der Waals surface area contributed by atoms with E-state index in [9.17, 15) is 0 Å². The van der Waals surface area contributed by atoms with E-state index < -0.39 is 0 Å². The van der Waals surface area contributed by atoms with E-state index in [4.69, 9.17) is 4.42 Å². The van der Waals surface area contributed by atoms with Gasteiger partial charge in [0.2, 0.25) is 0 Å². The molecule has 0 amide bonds. The molecule has 0 aliphatic heterocycles. The van der Waals surface area contributed by atoms with Crippen LogP contribution in [-0.2, 0) is 0 Å². The fourth-order valence-corrected chi connectivity index (χ4v) is 3.33. The van der Waals surface area contributed by atoms with Crippen molar-refractivity contribution in [1.29, 1.82) is 0 Å². The van der Waals surface area contributed by atoms with Crippen LogP contribution in [-0.4, -0.2) is 4.98 Å². The van der Waals surface area contributed by atoms with Crippen molar-refractivity contribution in [3.05, 3.63) is 91.1 Å². The predicted molar refractivity (Wildman–Crippen MR) is 107 cm³/mol. The van der Waals surface area contributed by atoms with E-state index in [0.717, 1.165) is 39.0 Å². The number of rotatable bonds is 3. The van der Waals surface area contributed by atoms with E-state index in [0.29, 0.717) is 0 Å². The second-order valence-corrected chi connectivity index (χ2v) is 6.20. The van der Waals surface area contributed by atoms with Gasteiger partial charge in [-0.15, -0.1) is 0 Å². The first-order valence-corrected chi connectivity index (χ1v) is 8.57. The molecule has 0 fully saturated rings. The Morgan fingerprint density at radius 1 is 0.692 bits per heavy atom. The average Bonchev–Trinajstić information content (AvgIpc) is 3.08. The maximum Gasteiger partial charge on any atom is 0.137 e. The number of anilines is 2. The molecule has 3 aromatic carbocycles. The molecule has 2 heterocycles. The monoisotopic (exact) mass is 336 g/mol. The minimum Gasteiger partial charge on any atom is -0.456 e. The van der Waals surface area contributed by atoms with Gasteiger partial charge in [0.25, 0.3) is 0 Å². The molecule has 0 radical (unpaired) electrons. The molecular weight excluding hydrogens is 320 g/mol. The van der Waals surface area contributed by atoms with E-state index in [1.807, 2.05) is 60.8 Å². The Morgan fingerprint density at radius 2 is 1.50 bits per heavy atom. The first-order chi connectivity index (χ1) is 12.9. The molecule has 26 heavy (non-hydrogen) atoms. The third kappa shape index (κ3) is 2.50. The number of pyridine rings is 1. The Kier molecular flexibility index (Phi) is 3.42. The van der Waals surface area contributed by atoms with Crippen molar-refractivity contribution in [2.45, 2.75) is 0 Å². The second kappa shape index (κ2) is 6.05. The molecular formula is C23H16N2O. The third-order valence-electron chi connectivity index (χ3n) is 4.53. The molecule has 0 saturated carbocycles. The molecule has 0 unspecified atom stereocenters. The number of nitrogens with one attached hydrogen (secondary N) is 1. The molecule has 0 aliphatic carbocycles. The molecule has 3 nitrogen and oxygen atoms in total. The molecule has 5 rings (SSSR count). The summed E-state index contributed by atoms with van der Waals surface area (Å²) in [5.41, 5.74) is 5.06. The quantitative estimate of drug-likeness (QED) is 0.415. The summed E-state index contributed by atoms with van der Waals surface area (Å²) in [5, 5.41) is 5.64. The first-order valence-electron chi connectivity index (χ1n) is 8.57. The maximum absolute atomic E-state index is 5.96. The van der Waals surface area contributed by atoms with Crippen LogP contribution in [0.2, 0.25) is 0 Å². The Morgan fingerprint density at radius 3 is 2.42 bits per heavy atom. The van der Waals surface area contributed by atoms with Crippen LogP contribution in [0.3, 0.4) is 0 Å². The number of furan rings is 1. The summed E-state index contributed by atoms with van der Waals surface area (Å²) >= 11 is 0. The molecule has 0 bridgehead atoms. The van der Waals surface area contributed by atoms with E-state index >= 15 is 0 Å². The Bertz CT molecular complexity index is 1210. The van der Waals surface area contributed by atoms with Crippen LogP contribution in [0.4, 0.5) is 11.5 Å². The van der Waals surface area contributed by atoms with Crippen LogP contribution >= 0.6 is 0 Å². The van der Waals surface area contributed by atoms with Crippen molar-refractivity contribution in [2.24, 2.45) is 0 Å². The van der Waals surface area contributed by atoms with E-state index in [-0.39, 0.29) is 0 Å². The number of hydrogen-bond donors (Lipinski definition) is 1. The molecule has 2 aromatic heterocycles. The highest BCUT2D eigenvalue weighted by atomic mass is 16.3. The minimum atomic E-state index is 0.809. The molecule has 124 valence electrons. The summed E-state index contributed by atoms with van der Waals surface area (Å²) in [4.78, 5) is 4.49. The molecule has 0 atom stereocenters. The highest BCUT2D eigenvalue weighted by Crippen LogP contribution is 2.35. The van der Waals surface area contributed by atoms with Gasteiger partial charge in [-0.25, -0.2) is 4.98 Å². The lowest BCUT2D eigenvalue weighted by Crippen LogP contribution is -1.94. The number of benzene rings is 3. The minimum absolute atomic E-state index is 0.809. The van der Waals surface area contributed by atoms with Crippen molar-refractivity contribution in [3.63, 3.8) is 0 Å². The van der Waals surface area contributed by atoms with Crippen LogP contribution in [0.1, 0.15) is 0 Å². The number of hydrogen-bond acceptors (Lipinski definition) is 3. The fraction of sp³-hybridized carbons (Fsp3) is 0. The van der Waals surface area contributed by atoms with Gasteiger partial charge in [-0.1, -0.05) is 54.6 Å². The number of aromatic nitrogens is 1. The van der Waals surface area contributed by atoms with Crippen molar-refractivity contribution in [3.8, 4) is 11.1 Å². The molecule has 5 aromatic rings. The predicted octanol–water partition coefficient (Wildman–Crippen LogP) is 6.39. The SMILES string of the molecule is c1ccc(-c2ccnc(Nc3cccc4oc5ccccc5c34)c2)cc1. The van der Waals surface area contributed by atoms with Crippen molar-refractivity contribution < 1.29 is 4.42 Å². The standard InChI is InChI=1S/C23H16N2O/c1-2-7-16(8-3-1)17-13-14-24-22(15-17)25-19-10-6-12-21-23(19)18-9-4-5-11-20(18)26-21/h1-15H,(H,24,25). The van der Waals surface area contributed by atoms with Crippen LogP contribution < -0.4 is 5.32 Å². The van der Waals surface area contributed by atoms with E-state index in [1.165, 1.54) is 5.56 Å². The molecule has 1 N–H and O–H groups in total. The topological polar surface area (TPSA) is 38.1 Å². The van der Waals surface area contributed by atoms with Gasteiger partial charge in [0.15, 0.2) is 0 Å². The van der Waals surface area contributed by atoms with E-state index in [1.54, 1.807) is 0 Å². The summed E-state index contributed by atoms with van der Waals surface area (Å²) in [6.07, 6.45) is 1.83. The second-order valence-electron chi connectivity index (χ2n) is 6.20. The zero-order valence-corrected chi connectivity index (χ0v) is 14.0. The van der Waals surface area contributed by atoms with Gasteiger partial charge in [-0.2, -0.15) is 0 Å². The number of para-hydroxylation sites is 1. The smallest absolute Gasteiger partial charge is 0.137 e. The zero-order chi connectivity index (χ0) is 17.3. The number of nitrogens with zero attached hydrogens (tertiary/aromatic N) is 1. The van der Waals surface area contributed by atoms with Gasteiger partial charge in [-0.05, 0) is 41.5 Å². The Hall–Kier alpha value is -3.59. The number of fused-ring (bicyclic) bond motifs is 3. The molecule has 0 aliphatic rings. The van der Waals surface area contributed by atoms with Crippen LogP contribution in [0, 0.1) is 0 Å². The van der Waals surface area contributed by atoms with Crippen LogP contribution in [0.25, 0.3) is 33.1 Å². The maximum atomic E-state index is 5.96. The average molecular weight is 336 g/mol. The summed E-state index contributed by atoms with van der Waals surface area (Å²) in [6, 6.07) is 28.5. The fourth-order valence-electron chi connectivity index (χ4n) is 3.33. The Labute approximate surface area is 150 Å². The normalized spacial score (nSPS) is 11.1. The van der Waals surface area contributed by atoms with Gasteiger partial charge in [-0.3, -0.25) is 0 Å². The molecule has 0 saturated heterocycles. The molecule has 3 heteroatoms. The van der Waals surface area contributed by atoms with Crippen LogP contribution in [0.5, 0.6) is 0 Å². The summed E-state index contributed by atoms with van der Waals surface area (Å²) in [6.45, 7) is 0. The Balaban J connectivity index is 1.60.